The zero-order chi connectivity index (χ0) is 23.5. The average molecular weight is 464 g/mol. The molecule has 3 aromatic carbocycles. The molecule has 8 heteroatoms. The molecule has 33 heavy (non-hydrogen) atoms. The summed E-state index contributed by atoms with van der Waals surface area (Å²) in [6.45, 7) is 2.89. The molecular weight excluding hydrogens is 438 g/mol. The Balaban J connectivity index is 1.53. The number of hydrazine groups is 1. The summed E-state index contributed by atoms with van der Waals surface area (Å²) in [6.07, 6.45) is 0.866. The van der Waals surface area contributed by atoms with Crippen LogP contribution in [0.1, 0.15) is 39.6 Å². The fourth-order valence-corrected chi connectivity index (χ4v) is 2.99. The maximum absolute atomic E-state index is 12.6. The Hall–Kier alpha value is -3.91. The van der Waals surface area contributed by atoms with E-state index in [1.807, 2.05) is 37.3 Å². The highest BCUT2D eigenvalue weighted by molar-refractivity contribution is 7.80. The van der Waals surface area contributed by atoms with E-state index in [-0.39, 0.29) is 5.11 Å². The molecule has 7 nitrogen and oxygen atoms in total. The molecule has 0 aliphatic heterocycles. The van der Waals surface area contributed by atoms with Crippen molar-refractivity contribution in [1.82, 2.24) is 16.2 Å². The Kier molecular flexibility index (Phi) is 8.79. The van der Waals surface area contributed by atoms with Gasteiger partial charge >= 0.3 is 0 Å². The molecule has 0 saturated carbocycles. The van der Waals surface area contributed by atoms with Crippen LogP contribution in [0.5, 0.6) is 11.5 Å². The monoisotopic (exact) mass is 463 g/mol. The molecule has 0 heterocycles. The highest BCUT2D eigenvalue weighted by Crippen LogP contribution is 2.19. The molecule has 3 N–H and O–H groups in total. The lowest BCUT2D eigenvalue weighted by molar-refractivity contribution is 0.0930. The van der Waals surface area contributed by atoms with Crippen LogP contribution in [0.15, 0.2) is 78.9 Å². The molecule has 0 bridgehead atoms. The van der Waals surface area contributed by atoms with Gasteiger partial charge in [-0.3, -0.25) is 25.8 Å². The number of para-hydroxylation sites is 1. The number of carbonyl (C=O) groups is 2. The van der Waals surface area contributed by atoms with Crippen LogP contribution in [0.3, 0.4) is 0 Å². The maximum Gasteiger partial charge on any atom is 0.273 e. The summed E-state index contributed by atoms with van der Waals surface area (Å²) >= 11 is 5.13. The van der Waals surface area contributed by atoms with Crippen molar-refractivity contribution in [3.63, 3.8) is 0 Å². The van der Waals surface area contributed by atoms with Gasteiger partial charge in [0.15, 0.2) is 5.11 Å². The summed E-state index contributed by atoms with van der Waals surface area (Å²) in [5, 5.41) is 2.48. The van der Waals surface area contributed by atoms with E-state index in [1.54, 1.807) is 48.5 Å². The van der Waals surface area contributed by atoms with Crippen molar-refractivity contribution in [2.24, 2.45) is 0 Å². The second-order valence-corrected chi connectivity index (χ2v) is 7.42. The molecule has 0 aromatic heterocycles. The number of hydrogen-bond acceptors (Lipinski definition) is 5. The minimum Gasteiger partial charge on any atom is -0.494 e. The number of benzene rings is 3. The van der Waals surface area contributed by atoms with E-state index in [1.165, 1.54) is 0 Å². The van der Waals surface area contributed by atoms with Gasteiger partial charge in [0, 0.05) is 5.56 Å². The van der Waals surface area contributed by atoms with E-state index < -0.39 is 11.8 Å². The van der Waals surface area contributed by atoms with Crippen LogP contribution in [-0.4, -0.2) is 23.5 Å². The van der Waals surface area contributed by atoms with Crippen LogP contribution in [0.2, 0.25) is 0 Å². The summed E-state index contributed by atoms with van der Waals surface area (Å²) in [6, 6.07) is 23.3. The number of nitrogens with one attached hydrogen (secondary N) is 3. The molecule has 0 spiro atoms. The van der Waals surface area contributed by atoms with Crippen molar-refractivity contribution in [2.45, 2.75) is 20.0 Å². The Morgan fingerprint density at radius 3 is 2.39 bits per heavy atom. The normalized spacial score (nSPS) is 10.1. The maximum atomic E-state index is 12.6. The predicted octanol–water partition coefficient (Wildman–Crippen LogP) is 4.00. The van der Waals surface area contributed by atoms with Crippen LogP contribution in [0.25, 0.3) is 0 Å². The molecule has 0 unspecified atom stereocenters. The third-order valence-corrected chi connectivity index (χ3v) is 4.66. The SMILES string of the molecule is CCCOc1cccc(C(=O)NC(=S)NNC(=O)c2ccccc2OCc2ccccc2)c1. The quantitative estimate of drug-likeness (QED) is 0.346. The standard InChI is InChI=1S/C25H25N3O4S/c1-2-15-31-20-12-8-11-19(16-20)23(29)26-25(33)28-27-24(30)21-13-6-7-14-22(21)32-17-18-9-4-3-5-10-18/h3-14,16H,2,15,17H2,1H3,(H,27,30)(H2,26,28,29,33). The molecule has 0 fully saturated rings. The van der Waals surface area contributed by atoms with E-state index in [9.17, 15) is 9.59 Å². The summed E-state index contributed by atoms with van der Waals surface area (Å²) < 4.78 is 11.4. The van der Waals surface area contributed by atoms with E-state index >= 15 is 0 Å². The molecule has 0 saturated heterocycles. The summed E-state index contributed by atoms with van der Waals surface area (Å²) in [4.78, 5) is 25.1. The molecule has 3 aromatic rings. The number of amides is 2. The smallest absolute Gasteiger partial charge is 0.273 e. The first-order valence-corrected chi connectivity index (χ1v) is 10.9. The van der Waals surface area contributed by atoms with Crippen LogP contribution < -0.4 is 25.6 Å². The number of ether oxygens (including phenoxy) is 2. The lowest BCUT2D eigenvalue weighted by Crippen LogP contribution is -2.48. The zero-order valence-corrected chi connectivity index (χ0v) is 19.0. The lowest BCUT2D eigenvalue weighted by Gasteiger charge is -2.14. The fraction of sp³-hybridized carbons (Fsp3) is 0.160. The van der Waals surface area contributed by atoms with Gasteiger partial charge in [0.05, 0.1) is 12.2 Å². The molecule has 170 valence electrons. The van der Waals surface area contributed by atoms with E-state index in [4.69, 9.17) is 21.7 Å². The van der Waals surface area contributed by atoms with Crippen LogP contribution >= 0.6 is 12.2 Å². The fourth-order valence-electron chi connectivity index (χ4n) is 2.85. The van der Waals surface area contributed by atoms with Crippen LogP contribution in [0, 0.1) is 0 Å². The summed E-state index contributed by atoms with van der Waals surface area (Å²) in [5.74, 6) is 0.156. The third-order valence-electron chi connectivity index (χ3n) is 4.45. The van der Waals surface area contributed by atoms with E-state index in [2.05, 4.69) is 16.2 Å². The molecule has 0 aliphatic carbocycles. The van der Waals surface area contributed by atoms with Gasteiger partial charge in [-0.05, 0) is 54.5 Å². The van der Waals surface area contributed by atoms with Crippen LogP contribution in [0.4, 0.5) is 0 Å². The van der Waals surface area contributed by atoms with Gasteiger partial charge in [-0.25, -0.2) is 0 Å². The number of rotatable bonds is 8. The number of hydrogen-bond donors (Lipinski definition) is 3. The topological polar surface area (TPSA) is 88.7 Å². The van der Waals surface area contributed by atoms with Crippen molar-refractivity contribution in [2.75, 3.05) is 6.61 Å². The number of thiocarbonyl (C=S) groups is 1. The molecule has 0 aliphatic rings. The Morgan fingerprint density at radius 1 is 0.848 bits per heavy atom. The molecule has 2 amide bonds. The number of carbonyl (C=O) groups excluding carboxylic acids is 2. The Labute approximate surface area is 198 Å². The van der Waals surface area contributed by atoms with Gasteiger partial charge in [0.2, 0.25) is 0 Å². The largest absolute Gasteiger partial charge is 0.494 e. The van der Waals surface area contributed by atoms with E-state index in [0.29, 0.717) is 35.8 Å². The molecule has 3 rings (SSSR count). The van der Waals surface area contributed by atoms with Crippen molar-refractivity contribution >= 4 is 29.1 Å². The minimum absolute atomic E-state index is 0.0454. The van der Waals surface area contributed by atoms with Crippen molar-refractivity contribution in [3.8, 4) is 11.5 Å². The average Bonchev–Trinajstić information content (AvgIpc) is 2.85. The van der Waals surface area contributed by atoms with Crippen molar-refractivity contribution < 1.29 is 19.1 Å². The molecular formula is C25H25N3O4S. The minimum atomic E-state index is -0.453. The predicted molar refractivity (Wildman–Crippen MR) is 130 cm³/mol. The van der Waals surface area contributed by atoms with Gasteiger partial charge in [-0.2, -0.15) is 0 Å². The van der Waals surface area contributed by atoms with Gasteiger partial charge in [-0.15, -0.1) is 0 Å². The van der Waals surface area contributed by atoms with Gasteiger partial charge < -0.3 is 9.47 Å². The van der Waals surface area contributed by atoms with E-state index in [0.717, 1.165) is 12.0 Å². The zero-order valence-electron chi connectivity index (χ0n) is 18.2. The first-order valence-electron chi connectivity index (χ1n) is 10.5. The highest BCUT2D eigenvalue weighted by Gasteiger charge is 2.14. The second kappa shape index (κ2) is 12.2. The lowest BCUT2D eigenvalue weighted by atomic mass is 10.2. The van der Waals surface area contributed by atoms with Gasteiger partial charge in [0.1, 0.15) is 18.1 Å². The molecule has 0 atom stereocenters. The van der Waals surface area contributed by atoms with Gasteiger partial charge in [0.25, 0.3) is 11.8 Å². The summed E-state index contributed by atoms with van der Waals surface area (Å²) in [7, 11) is 0. The summed E-state index contributed by atoms with van der Waals surface area (Å²) in [5.41, 5.74) is 6.73. The first-order chi connectivity index (χ1) is 16.1. The van der Waals surface area contributed by atoms with Crippen molar-refractivity contribution in [1.29, 1.82) is 0 Å². The Morgan fingerprint density at radius 2 is 1.61 bits per heavy atom. The second-order valence-electron chi connectivity index (χ2n) is 7.01. The van der Waals surface area contributed by atoms with Gasteiger partial charge in [-0.1, -0.05) is 55.5 Å². The van der Waals surface area contributed by atoms with Crippen LogP contribution in [-0.2, 0) is 6.61 Å². The Bertz CT molecular complexity index is 1110. The molecule has 0 radical (unpaired) electrons. The highest BCUT2D eigenvalue weighted by atomic mass is 32.1. The first kappa shape index (κ1) is 23.7. The van der Waals surface area contributed by atoms with Crippen molar-refractivity contribution in [3.05, 3.63) is 95.6 Å². The third kappa shape index (κ3) is 7.33.